The van der Waals surface area contributed by atoms with Crippen molar-refractivity contribution < 1.29 is 26.4 Å². The number of carbonyl (C=O) groups excluding carboxylic acids is 1. The highest BCUT2D eigenvalue weighted by molar-refractivity contribution is 7.92. The highest BCUT2D eigenvalue weighted by Gasteiger charge is 2.31. The van der Waals surface area contributed by atoms with Crippen LogP contribution in [0.2, 0.25) is 5.02 Å². The van der Waals surface area contributed by atoms with Crippen molar-refractivity contribution in [2.45, 2.75) is 22.8 Å². The van der Waals surface area contributed by atoms with Gasteiger partial charge >= 0.3 is 0 Å². The summed E-state index contributed by atoms with van der Waals surface area (Å²) in [5.74, 6) is -0.146. The third-order valence-corrected chi connectivity index (χ3v) is 9.93. The summed E-state index contributed by atoms with van der Waals surface area (Å²) in [7, 11) is -7.53. The van der Waals surface area contributed by atoms with E-state index in [0.717, 1.165) is 11.1 Å². The molecule has 0 saturated carbocycles. The summed E-state index contributed by atoms with van der Waals surface area (Å²) in [6, 6.07) is 26.0. The first kappa shape index (κ1) is 28.6. The van der Waals surface area contributed by atoms with Crippen molar-refractivity contribution in [1.82, 2.24) is 4.72 Å². The maximum absolute atomic E-state index is 13.2. The third-order valence-electron chi connectivity index (χ3n) is 6.44. The minimum Gasteiger partial charge on any atom is -0.484 e. The quantitative estimate of drug-likeness (QED) is 0.271. The number of halogens is 1. The van der Waals surface area contributed by atoms with Gasteiger partial charge in [0.2, 0.25) is 10.0 Å². The van der Waals surface area contributed by atoms with Gasteiger partial charge in [0.05, 0.1) is 15.5 Å². The minimum absolute atomic E-state index is 0.0708. The van der Waals surface area contributed by atoms with Crippen molar-refractivity contribution in [3.05, 3.63) is 113 Å². The molecule has 1 aliphatic rings. The monoisotopic (exact) mass is 611 g/mol. The molecule has 4 aromatic carbocycles. The summed E-state index contributed by atoms with van der Waals surface area (Å²) in [6.07, 6.45) is 0.549. The molecule has 0 radical (unpaired) electrons. The van der Waals surface area contributed by atoms with Gasteiger partial charge in [-0.2, -0.15) is 0 Å². The minimum atomic E-state index is -3.80. The molecule has 5 rings (SSSR count). The summed E-state index contributed by atoms with van der Waals surface area (Å²) >= 11 is 5.91. The number of anilines is 2. The van der Waals surface area contributed by atoms with Gasteiger partial charge in [-0.05, 0) is 78.2 Å². The number of amides is 1. The topological polar surface area (TPSA) is 122 Å². The van der Waals surface area contributed by atoms with Crippen LogP contribution < -0.4 is 19.1 Å². The highest BCUT2D eigenvalue weighted by atomic mass is 35.5. The lowest BCUT2D eigenvalue weighted by atomic mass is 10.1. The molecule has 0 saturated heterocycles. The van der Waals surface area contributed by atoms with E-state index < -0.39 is 26.0 Å². The van der Waals surface area contributed by atoms with Crippen LogP contribution in [0.4, 0.5) is 11.4 Å². The zero-order valence-electron chi connectivity index (χ0n) is 21.7. The van der Waals surface area contributed by atoms with E-state index in [-0.39, 0.29) is 29.5 Å². The number of hydrogen-bond donors (Lipinski definition) is 2. The van der Waals surface area contributed by atoms with Crippen LogP contribution in [-0.4, -0.2) is 35.9 Å². The van der Waals surface area contributed by atoms with Crippen LogP contribution in [0.1, 0.15) is 11.1 Å². The van der Waals surface area contributed by atoms with Crippen molar-refractivity contribution in [2.24, 2.45) is 0 Å². The largest absolute Gasteiger partial charge is 0.484 e. The van der Waals surface area contributed by atoms with Crippen LogP contribution in [-0.2, 0) is 37.8 Å². The molecule has 9 nitrogen and oxygen atoms in total. The first-order valence-corrected chi connectivity index (χ1v) is 15.9. The molecular formula is C29H26ClN3O6S2. The molecule has 0 unspecified atom stereocenters. The number of rotatable bonds is 10. The number of benzene rings is 4. The molecule has 2 N–H and O–H groups in total. The second-order valence-corrected chi connectivity index (χ2v) is 13.3. The van der Waals surface area contributed by atoms with Gasteiger partial charge < -0.3 is 10.1 Å². The van der Waals surface area contributed by atoms with E-state index in [4.69, 9.17) is 16.3 Å². The van der Waals surface area contributed by atoms with Crippen LogP contribution in [0.3, 0.4) is 0 Å². The predicted molar refractivity (Wildman–Crippen MR) is 157 cm³/mol. The Labute approximate surface area is 243 Å². The van der Waals surface area contributed by atoms with Gasteiger partial charge in [-0.1, -0.05) is 48.0 Å². The predicted octanol–water partition coefficient (Wildman–Crippen LogP) is 4.59. The van der Waals surface area contributed by atoms with E-state index in [0.29, 0.717) is 28.6 Å². The average Bonchev–Trinajstić information content (AvgIpc) is 3.40. The van der Waals surface area contributed by atoms with Crippen LogP contribution in [0, 0.1) is 0 Å². The number of carbonyl (C=O) groups is 1. The van der Waals surface area contributed by atoms with Crippen LogP contribution in [0.25, 0.3) is 0 Å². The lowest BCUT2D eigenvalue weighted by Gasteiger charge is -2.20. The van der Waals surface area contributed by atoms with E-state index in [9.17, 15) is 21.6 Å². The van der Waals surface area contributed by atoms with E-state index in [1.54, 1.807) is 18.2 Å². The molecule has 1 aliphatic heterocycles. The first-order valence-electron chi connectivity index (χ1n) is 12.6. The van der Waals surface area contributed by atoms with Gasteiger partial charge in [-0.15, -0.1) is 0 Å². The van der Waals surface area contributed by atoms with Crippen LogP contribution in [0.5, 0.6) is 5.75 Å². The lowest BCUT2D eigenvalue weighted by molar-refractivity contribution is -0.118. The second-order valence-electron chi connectivity index (χ2n) is 9.24. The van der Waals surface area contributed by atoms with Gasteiger partial charge in [0, 0.05) is 23.8 Å². The van der Waals surface area contributed by atoms with E-state index >= 15 is 0 Å². The number of hydrogen-bond acceptors (Lipinski definition) is 6. The molecule has 0 atom stereocenters. The molecule has 0 spiro atoms. The third kappa shape index (κ3) is 6.71. The zero-order chi connectivity index (χ0) is 29.0. The normalized spacial score (nSPS) is 13.0. The summed E-state index contributed by atoms with van der Waals surface area (Å²) in [6.45, 7) is 0.117. The van der Waals surface area contributed by atoms with E-state index in [2.05, 4.69) is 10.0 Å². The Morgan fingerprint density at radius 1 is 0.854 bits per heavy atom. The molecule has 12 heteroatoms. The van der Waals surface area contributed by atoms with Gasteiger partial charge in [0.1, 0.15) is 5.75 Å². The Balaban J connectivity index is 1.18. The van der Waals surface area contributed by atoms with Gasteiger partial charge in [-0.3, -0.25) is 9.10 Å². The van der Waals surface area contributed by atoms with Gasteiger partial charge in [0.25, 0.3) is 15.9 Å². The molecule has 0 fully saturated rings. The number of fused-ring (bicyclic) bond motifs is 1. The number of nitrogens with one attached hydrogen (secondary N) is 2. The van der Waals surface area contributed by atoms with Crippen molar-refractivity contribution in [2.75, 3.05) is 22.8 Å². The van der Waals surface area contributed by atoms with E-state index in [1.165, 1.54) is 52.8 Å². The molecule has 41 heavy (non-hydrogen) atoms. The molecule has 1 amide bonds. The van der Waals surface area contributed by atoms with Crippen molar-refractivity contribution in [3.8, 4) is 5.75 Å². The fourth-order valence-electron chi connectivity index (χ4n) is 4.33. The van der Waals surface area contributed by atoms with Gasteiger partial charge in [0.15, 0.2) is 6.61 Å². The Morgan fingerprint density at radius 2 is 1.54 bits per heavy atom. The first-order chi connectivity index (χ1) is 19.6. The van der Waals surface area contributed by atoms with Crippen molar-refractivity contribution in [1.29, 1.82) is 0 Å². The molecule has 0 bridgehead atoms. The molecule has 0 aliphatic carbocycles. The van der Waals surface area contributed by atoms with Gasteiger partial charge in [-0.25, -0.2) is 21.6 Å². The number of nitrogens with zero attached hydrogens (tertiary/aromatic N) is 1. The molecule has 1 heterocycles. The molecule has 4 aromatic rings. The number of sulfonamides is 2. The Bertz CT molecular complexity index is 1760. The highest BCUT2D eigenvalue weighted by Crippen LogP contribution is 2.35. The lowest BCUT2D eigenvalue weighted by Crippen LogP contribution is -2.29. The molecular weight excluding hydrogens is 586 g/mol. The van der Waals surface area contributed by atoms with Crippen LogP contribution in [0.15, 0.2) is 107 Å². The SMILES string of the molecule is O=C(COc1ccc(S(=O)(=O)NCc2ccccc2)cc1)Nc1ccc2c(c1)N(S(=O)(=O)c1ccc(Cl)cc1)CC2. The molecule has 212 valence electrons. The standard InChI is InChI=1S/C29H26ClN3O6S2/c30-23-7-12-27(13-8-23)41(37,38)33-17-16-22-6-9-24(18-28(22)33)32-29(34)20-39-25-10-14-26(15-11-25)40(35,36)31-19-21-4-2-1-3-5-21/h1-15,18,31H,16-17,19-20H2,(H,32,34). The number of ether oxygens (including phenoxy) is 1. The van der Waals surface area contributed by atoms with Crippen LogP contribution >= 0.6 is 11.6 Å². The van der Waals surface area contributed by atoms with Crippen molar-refractivity contribution in [3.63, 3.8) is 0 Å². The Morgan fingerprint density at radius 3 is 2.24 bits per heavy atom. The fraction of sp³-hybridized carbons (Fsp3) is 0.138. The fourth-order valence-corrected chi connectivity index (χ4v) is 6.97. The summed E-state index contributed by atoms with van der Waals surface area (Å²) in [5.41, 5.74) is 2.60. The van der Waals surface area contributed by atoms with Crippen molar-refractivity contribution >= 4 is 48.9 Å². The maximum Gasteiger partial charge on any atom is 0.264 e. The summed E-state index contributed by atoms with van der Waals surface area (Å²) in [4.78, 5) is 12.8. The summed E-state index contributed by atoms with van der Waals surface area (Å²) in [5, 5.41) is 3.16. The Hall–Kier alpha value is -3.90. The zero-order valence-corrected chi connectivity index (χ0v) is 24.0. The second kappa shape index (κ2) is 11.9. The van der Waals surface area contributed by atoms with E-state index in [1.807, 2.05) is 30.3 Å². The smallest absolute Gasteiger partial charge is 0.264 e. The average molecular weight is 612 g/mol. The maximum atomic E-state index is 13.2. The summed E-state index contributed by atoms with van der Waals surface area (Å²) < 4.78 is 61.0. The Kier molecular flexibility index (Phi) is 8.32. The molecule has 0 aromatic heterocycles.